The van der Waals surface area contributed by atoms with Gasteiger partial charge in [-0.2, -0.15) is 0 Å². The van der Waals surface area contributed by atoms with E-state index in [0.29, 0.717) is 12.5 Å². The van der Waals surface area contributed by atoms with Crippen molar-refractivity contribution in [3.8, 4) is 0 Å². The number of amides is 2. The van der Waals surface area contributed by atoms with E-state index in [1.807, 2.05) is 48.5 Å². The molecule has 4 rings (SSSR count). The van der Waals surface area contributed by atoms with E-state index in [4.69, 9.17) is 0 Å². The van der Waals surface area contributed by atoms with Crippen LogP contribution >= 0.6 is 15.9 Å². The van der Waals surface area contributed by atoms with Crippen LogP contribution < -0.4 is 10.2 Å². The highest BCUT2D eigenvalue weighted by atomic mass is 79.9. The molecule has 0 aliphatic carbocycles. The lowest BCUT2D eigenvalue weighted by atomic mass is 10.1. The first kappa shape index (κ1) is 15.8. The Labute approximate surface area is 152 Å². The lowest BCUT2D eigenvalue weighted by molar-refractivity contribution is -0.122. The second-order valence-corrected chi connectivity index (χ2v) is 6.80. The molecule has 3 aromatic rings. The smallest absolute Gasteiger partial charge is 0.232 e. The Morgan fingerprint density at radius 3 is 2.76 bits per heavy atom. The molecule has 0 spiro atoms. The minimum absolute atomic E-state index is 0.0587. The van der Waals surface area contributed by atoms with Crippen molar-refractivity contribution in [2.24, 2.45) is 5.92 Å². The highest BCUT2D eigenvalue weighted by Gasteiger charge is 2.36. The zero-order chi connectivity index (χ0) is 17.4. The van der Waals surface area contributed by atoms with E-state index in [1.165, 1.54) is 0 Å². The van der Waals surface area contributed by atoms with Gasteiger partial charge in [-0.1, -0.05) is 24.3 Å². The molecule has 1 atom stereocenters. The van der Waals surface area contributed by atoms with Crippen molar-refractivity contribution >= 4 is 50.4 Å². The maximum absolute atomic E-state index is 12.5. The van der Waals surface area contributed by atoms with Gasteiger partial charge in [0.15, 0.2) is 0 Å². The summed E-state index contributed by atoms with van der Waals surface area (Å²) < 4.78 is 0.835. The molecule has 6 nitrogen and oxygen atoms in total. The van der Waals surface area contributed by atoms with Crippen LogP contribution in [0.2, 0.25) is 0 Å². The van der Waals surface area contributed by atoms with Gasteiger partial charge in [0, 0.05) is 17.4 Å². The summed E-state index contributed by atoms with van der Waals surface area (Å²) in [7, 11) is 0. The van der Waals surface area contributed by atoms with Crippen molar-refractivity contribution in [1.82, 2.24) is 9.97 Å². The van der Waals surface area contributed by atoms with Crippen LogP contribution in [-0.4, -0.2) is 28.3 Å². The van der Waals surface area contributed by atoms with Crippen LogP contribution in [0.1, 0.15) is 6.42 Å². The van der Waals surface area contributed by atoms with Gasteiger partial charge in [0.2, 0.25) is 17.8 Å². The fraction of sp³-hybridized carbons (Fsp3) is 0.167. The SMILES string of the molecule is O=C(Nc1nc2ccccc2[nH]1)[C@@H]1CC(=O)N(c2ccccc2Br)C1. The van der Waals surface area contributed by atoms with Gasteiger partial charge in [-0.05, 0) is 40.2 Å². The molecule has 25 heavy (non-hydrogen) atoms. The lowest BCUT2D eigenvalue weighted by Crippen LogP contribution is -2.28. The van der Waals surface area contributed by atoms with E-state index in [-0.39, 0.29) is 18.2 Å². The summed E-state index contributed by atoms with van der Waals surface area (Å²) in [5, 5.41) is 2.78. The van der Waals surface area contributed by atoms with Gasteiger partial charge >= 0.3 is 0 Å². The topological polar surface area (TPSA) is 78.1 Å². The van der Waals surface area contributed by atoms with Crippen LogP contribution in [-0.2, 0) is 9.59 Å². The molecular weight excluding hydrogens is 384 g/mol. The van der Waals surface area contributed by atoms with E-state index >= 15 is 0 Å². The maximum Gasteiger partial charge on any atom is 0.232 e. The summed E-state index contributed by atoms with van der Waals surface area (Å²) in [5.41, 5.74) is 2.43. The number of imidazole rings is 1. The average Bonchev–Trinajstić information content (AvgIpc) is 3.18. The zero-order valence-corrected chi connectivity index (χ0v) is 14.8. The van der Waals surface area contributed by atoms with E-state index in [1.54, 1.807) is 4.90 Å². The Balaban J connectivity index is 1.50. The number of rotatable bonds is 3. The molecule has 1 aliphatic rings. The number of nitrogens with one attached hydrogen (secondary N) is 2. The third kappa shape index (κ3) is 3.02. The summed E-state index contributed by atoms with van der Waals surface area (Å²) in [6.07, 6.45) is 0.188. The molecule has 1 fully saturated rings. The molecule has 0 bridgehead atoms. The van der Waals surface area contributed by atoms with Crippen molar-refractivity contribution < 1.29 is 9.59 Å². The molecule has 2 aromatic carbocycles. The Kier molecular flexibility index (Phi) is 4.01. The van der Waals surface area contributed by atoms with Crippen LogP contribution in [0.15, 0.2) is 53.0 Å². The average molecular weight is 399 g/mol. The summed E-state index contributed by atoms with van der Waals surface area (Å²) in [4.78, 5) is 33.9. The summed E-state index contributed by atoms with van der Waals surface area (Å²) in [6.45, 7) is 0.355. The second-order valence-electron chi connectivity index (χ2n) is 5.95. The van der Waals surface area contributed by atoms with E-state index < -0.39 is 5.92 Å². The van der Waals surface area contributed by atoms with Crippen molar-refractivity contribution in [3.63, 3.8) is 0 Å². The van der Waals surface area contributed by atoms with Gasteiger partial charge in [0.1, 0.15) is 0 Å². The fourth-order valence-corrected chi connectivity index (χ4v) is 3.52. The fourth-order valence-electron chi connectivity index (χ4n) is 3.02. The van der Waals surface area contributed by atoms with Crippen LogP contribution in [0.4, 0.5) is 11.6 Å². The van der Waals surface area contributed by atoms with Crippen LogP contribution in [0.5, 0.6) is 0 Å². The van der Waals surface area contributed by atoms with Crippen molar-refractivity contribution in [2.75, 3.05) is 16.8 Å². The van der Waals surface area contributed by atoms with Crippen molar-refractivity contribution in [2.45, 2.75) is 6.42 Å². The molecule has 7 heteroatoms. The molecule has 0 radical (unpaired) electrons. The molecule has 2 amide bonds. The lowest BCUT2D eigenvalue weighted by Gasteiger charge is -2.18. The van der Waals surface area contributed by atoms with Gasteiger partial charge in [-0.3, -0.25) is 14.9 Å². The number of para-hydroxylation sites is 3. The standard InChI is InChI=1S/C18H15BrN4O2/c19-12-5-1-4-8-15(12)23-10-11(9-16(23)24)17(25)22-18-20-13-6-2-3-7-14(13)21-18/h1-8,11H,9-10H2,(H2,20,21,22,25)/t11-/m1/s1. The number of hydrogen-bond acceptors (Lipinski definition) is 3. The minimum atomic E-state index is -0.409. The van der Waals surface area contributed by atoms with Crippen LogP contribution in [0, 0.1) is 5.92 Å². The minimum Gasteiger partial charge on any atom is -0.324 e. The molecule has 1 aromatic heterocycles. The van der Waals surface area contributed by atoms with Gasteiger partial charge in [0.05, 0.1) is 22.6 Å². The predicted octanol–water partition coefficient (Wildman–Crippen LogP) is 3.32. The molecule has 2 N–H and O–H groups in total. The highest BCUT2D eigenvalue weighted by Crippen LogP contribution is 2.31. The maximum atomic E-state index is 12.5. The van der Waals surface area contributed by atoms with Crippen molar-refractivity contribution in [1.29, 1.82) is 0 Å². The summed E-state index contributed by atoms with van der Waals surface area (Å²) in [5.74, 6) is -0.274. The number of carbonyl (C=O) groups excluding carboxylic acids is 2. The third-order valence-electron chi connectivity index (χ3n) is 4.27. The number of halogens is 1. The highest BCUT2D eigenvalue weighted by molar-refractivity contribution is 9.10. The van der Waals surface area contributed by atoms with Gasteiger partial charge in [-0.15, -0.1) is 0 Å². The van der Waals surface area contributed by atoms with Crippen molar-refractivity contribution in [3.05, 3.63) is 53.0 Å². The number of nitrogens with zero attached hydrogens (tertiary/aromatic N) is 2. The first-order valence-corrected chi connectivity index (χ1v) is 8.71. The normalized spacial score (nSPS) is 17.2. The molecule has 1 saturated heterocycles. The molecule has 0 unspecified atom stereocenters. The molecule has 126 valence electrons. The number of H-pyrrole nitrogens is 1. The monoisotopic (exact) mass is 398 g/mol. The Morgan fingerprint density at radius 1 is 1.20 bits per heavy atom. The molecule has 2 heterocycles. The van der Waals surface area contributed by atoms with Gasteiger partial charge in [-0.25, -0.2) is 4.98 Å². The zero-order valence-electron chi connectivity index (χ0n) is 13.2. The molecule has 0 saturated carbocycles. The Morgan fingerprint density at radius 2 is 1.96 bits per heavy atom. The number of benzene rings is 2. The van der Waals surface area contributed by atoms with Gasteiger partial charge < -0.3 is 9.88 Å². The van der Waals surface area contributed by atoms with Crippen LogP contribution in [0.25, 0.3) is 11.0 Å². The number of aromatic nitrogens is 2. The summed E-state index contributed by atoms with van der Waals surface area (Å²) in [6, 6.07) is 15.1. The predicted molar refractivity (Wildman–Crippen MR) is 99.3 cm³/mol. The Bertz CT molecular complexity index is 935. The molecular formula is C18H15BrN4O2. The first-order valence-electron chi connectivity index (χ1n) is 7.92. The second kappa shape index (κ2) is 6.33. The first-order chi connectivity index (χ1) is 12.1. The number of anilines is 2. The largest absolute Gasteiger partial charge is 0.324 e. The number of carbonyl (C=O) groups is 2. The molecule has 1 aliphatic heterocycles. The quantitative estimate of drug-likeness (QED) is 0.710. The third-order valence-corrected chi connectivity index (χ3v) is 4.94. The van der Waals surface area contributed by atoms with Crippen LogP contribution in [0.3, 0.4) is 0 Å². The van der Waals surface area contributed by atoms with E-state index in [0.717, 1.165) is 21.2 Å². The Hall–Kier alpha value is -2.67. The van der Waals surface area contributed by atoms with E-state index in [2.05, 4.69) is 31.2 Å². The summed E-state index contributed by atoms with van der Waals surface area (Å²) >= 11 is 3.45. The van der Waals surface area contributed by atoms with Gasteiger partial charge in [0.25, 0.3) is 0 Å². The number of aromatic amines is 1. The number of hydrogen-bond donors (Lipinski definition) is 2. The number of fused-ring (bicyclic) bond motifs is 1. The van der Waals surface area contributed by atoms with E-state index in [9.17, 15) is 9.59 Å².